The third-order valence-electron chi connectivity index (χ3n) is 4.24. The van der Waals surface area contributed by atoms with Crippen molar-refractivity contribution in [1.82, 2.24) is 0 Å². The molecular formula is C21H28N4O2. The smallest absolute Gasteiger partial charge is 0.243 e. The number of anilines is 4. The average molecular weight is 368 g/mol. The summed E-state index contributed by atoms with van der Waals surface area (Å²) in [5, 5.41) is 8.71. The zero-order valence-corrected chi connectivity index (χ0v) is 16.4. The van der Waals surface area contributed by atoms with Gasteiger partial charge in [-0.25, -0.2) is 0 Å². The first-order valence-corrected chi connectivity index (χ1v) is 9.20. The lowest BCUT2D eigenvalue weighted by Gasteiger charge is -2.22. The third-order valence-corrected chi connectivity index (χ3v) is 4.24. The Morgan fingerprint density at radius 1 is 0.963 bits per heavy atom. The summed E-state index contributed by atoms with van der Waals surface area (Å²) in [4.78, 5) is 25.6. The molecule has 2 rings (SSSR count). The molecule has 0 heterocycles. The van der Waals surface area contributed by atoms with E-state index in [0.29, 0.717) is 11.4 Å². The van der Waals surface area contributed by atoms with Crippen LogP contribution in [0.5, 0.6) is 0 Å². The van der Waals surface area contributed by atoms with Crippen molar-refractivity contribution >= 4 is 34.6 Å². The summed E-state index contributed by atoms with van der Waals surface area (Å²) in [5.74, 6) is -0.300. The van der Waals surface area contributed by atoms with Gasteiger partial charge in [0.2, 0.25) is 11.8 Å². The molecule has 6 nitrogen and oxygen atoms in total. The van der Waals surface area contributed by atoms with Gasteiger partial charge >= 0.3 is 0 Å². The molecule has 0 fully saturated rings. The Morgan fingerprint density at radius 3 is 2.22 bits per heavy atom. The van der Waals surface area contributed by atoms with Crippen molar-refractivity contribution < 1.29 is 9.59 Å². The predicted octanol–water partition coefficient (Wildman–Crippen LogP) is 3.85. The number of carbonyl (C=O) groups is 2. The van der Waals surface area contributed by atoms with E-state index in [4.69, 9.17) is 0 Å². The molecule has 0 atom stereocenters. The molecule has 0 aliphatic carbocycles. The van der Waals surface area contributed by atoms with Gasteiger partial charge in [0.1, 0.15) is 0 Å². The summed E-state index contributed by atoms with van der Waals surface area (Å²) in [5.41, 5.74) is 4.51. The lowest BCUT2D eigenvalue weighted by molar-refractivity contribution is -0.115. The number of carbonyl (C=O) groups excluding carboxylic acids is 2. The van der Waals surface area contributed by atoms with Gasteiger partial charge < -0.3 is 20.9 Å². The highest BCUT2D eigenvalue weighted by Gasteiger charge is 2.07. The molecule has 2 amide bonds. The first kappa shape index (κ1) is 20.3. The Labute approximate surface area is 161 Å². The summed E-state index contributed by atoms with van der Waals surface area (Å²) < 4.78 is 0. The molecule has 2 aromatic rings. The molecule has 2 aromatic carbocycles. The predicted molar refractivity (Wildman–Crippen MR) is 113 cm³/mol. The quantitative estimate of drug-likeness (QED) is 0.662. The van der Waals surface area contributed by atoms with E-state index in [1.54, 1.807) is 24.3 Å². The first-order valence-electron chi connectivity index (χ1n) is 9.20. The zero-order chi connectivity index (χ0) is 19.8. The number of nitrogens with one attached hydrogen (secondary N) is 3. The molecule has 0 saturated heterocycles. The third kappa shape index (κ3) is 6.02. The van der Waals surface area contributed by atoms with Crippen LogP contribution >= 0.6 is 0 Å². The number of amides is 2. The van der Waals surface area contributed by atoms with Crippen LogP contribution in [-0.2, 0) is 9.59 Å². The first-order chi connectivity index (χ1) is 12.9. The Balaban J connectivity index is 1.95. The van der Waals surface area contributed by atoms with Crippen molar-refractivity contribution in [3.05, 3.63) is 48.0 Å². The monoisotopic (exact) mass is 368 g/mol. The fourth-order valence-corrected chi connectivity index (χ4v) is 2.89. The maximum Gasteiger partial charge on any atom is 0.243 e. The van der Waals surface area contributed by atoms with Crippen LogP contribution in [0.4, 0.5) is 22.7 Å². The number of nitrogens with zero attached hydrogens (tertiary/aromatic N) is 1. The van der Waals surface area contributed by atoms with Crippen molar-refractivity contribution in [2.24, 2.45) is 0 Å². The van der Waals surface area contributed by atoms with Crippen molar-refractivity contribution in [2.45, 2.75) is 27.7 Å². The highest BCUT2D eigenvalue weighted by molar-refractivity contribution is 5.95. The summed E-state index contributed by atoms with van der Waals surface area (Å²) >= 11 is 0. The van der Waals surface area contributed by atoms with Crippen molar-refractivity contribution in [3.8, 4) is 0 Å². The van der Waals surface area contributed by atoms with Crippen LogP contribution in [0.25, 0.3) is 0 Å². The van der Waals surface area contributed by atoms with E-state index >= 15 is 0 Å². The molecule has 0 aliphatic rings. The van der Waals surface area contributed by atoms with Crippen LogP contribution in [0.15, 0.2) is 42.5 Å². The van der Waals surface area contributed by atoms with Gasteiger partial charge in [-0.2, -0.15) is 0 Å². The molecule has 0 aromatic heterocycles. The van der Waals surface area contributed by atoms with Crippen LogP contribution < -0.4 is 20.9 Å². The summed E-state index contributed by atoms with van der Waals surface area (Å²) in [6, 6.07) is 13.3. The van der Waals surface area contributed by atoms with Crippen molar-refractivity contribution in [3.63, 3.8) is 0 Å². The Bertz CT molecular complexity index is 801. The molecule has 0 saturated carbocycles. The van der Waals surface area contributed by atoms with E-state index in [0.717, 1.165) is 24.3 Å². The Morgan fingerprint density at radius 2 is 1.63 bits per heavy atom. The zero-order valence-electron chi connectivity index (χ0n) is 16.4. The van der Waals surface area contributed by atoms with E-state index in [9.17, 15) is 9.59 Å². The molecule has 144 valence electrons. The van der Waals surface area contributed by atoms with Crippen LogP contribution in [-0.4, -0.2) is 31.4 Å². The van der Waals surface area contributed by atoms with Crippen molar-refractivity contribution in [1.29, 1.82) is 0 Å². The van der Waals surface area contributed by atoms with Crippen LogP contribution in [0.3, 0.4) is 0 Å². The summed E-state index contributed by atoms with van der Waals surface area (Å²) in [7, 11) is 0. The minimum absolute atomic E-state index is 0.149. The number of hydrogen-bond acceptors (Lipinski definition) is 4. The van der Waals surface area contributed by atoms with E-state index < -0.39 is 0 Å². The van der Waals surface area contributed by atoms with E-state index in [1.165, 1.54) is 12.6 Å². The number of rotatable bonds is 8. The van der Waals surface area contributed by atoms with E-state index in [-0.39, 0.29) is 18.4 Å². The maximum absolute atomic E-state index is 12.2. The molecule has 0 bridgehead atoms. The molecule has 0 unspecified atom stereocenters. The molecular weight excluding hydrogens is 340 g/mol. The topological polar surface area (TPSA) is 73.5 Å². The number of aryl methyl sites for hydroxylation is 1. The highest BCUT2D eigenvalue weighted by atomic mass is 16.2. The second kappa shape index (κ2) is 9.62. The van der Waals surface area contributed by atoms with Crippen molar-refractivity contribution in [2.75, 3.05) is 40.5 Å². The fraction of sp³-hybridized carbons (Fsp3) is 0.333. The molecule has 0 aliphatic heterocycles. The van der Waals surface area contributed by atoms with Crippen LogP contribution in [0.2, 0.25) is 0 Å². The Hall–Kier alpha value is -3.02. The summed E-state index contributed by atoms with van der Waals surface area (Å²) in [6.07, 6.45) is 0. The molecule has 27 heavy (non-hydrogen) atoms. The molecule has 6 heteroatoms. The normalized spacial score (nSPS) is 10.2. The van der Waals surface area contributed by atoms with Gasteiger partial charge in [-0.15, -0.1) is 0 Å². The van der Waals surface area contributed by atoms with Crippen LogP contribution in [0, 0.1) is 6.92 Å². The lowest BCUT2D eigenvalue weighted by Crippen LogP contribution is -2.23. The second-order valence-corrected chi connectivity index (χ2v) is 6.34. The standard InChI is InChI=1S/C21H28N4O2/c1-5-25(6-2)19-10-11-20(15(3)12-19)22-14-21(27)24-18-9-7-8-17(13-18)23-16(4)26/h7-13,22H,5-6,14H2,1-4H3,(H,23,26)(H,24,27). The fourth-order valence-electron chi connectivity index (χ4n) is 2.89. The van der Waals surface area contributed by atoms with Gasteiger partial charge in [0.25, 0.3) is 0 Å². The lowest BCUT2D eigenvalue weighted by atomic mass is 10.1. The second-order valence-electron chi connectivity index (χ2n) is 6.34. The van der Waals surface area contributed by atoms with Gasteiger partial charge in [-0.05, 0) is 62.7 Å². The van der Waals surface area contributed by atoms with Gasteiger partial charge in [-0.1, -0.05) is 6.07 Å². The van der Waals surface area contributed by atoms with Gasteiger partial charge in [0.05, 0.1) is 6.54 Å². The number of hydrogen-bond donors (Lipinski definition) is 3. The minimum Gasteiger partial charge on any atom is -0.376 e. The van der Waals surface area contributed by atoms with E-state index in [1.807, 2.05) is 13.0 Å². The van der Waals surface area contributed by atoms with E-state index in [2.05, 4.69) is 46.8 Å². The van der Waals surface area contributed by atoms with Crippen LogP contribution in [0.1, 0.15) is 26.3 Å². The Kier molecular flexibility index (Phi) is 7.23. The molecule has 0 spiro atoms. The number of benzene rings is 2. The molecule has 3 N–H and O–H groups in total. The molecule has 0 radical (unpaired) electrons. The minimum atomic E-state index is -0.151. The van der Waals surface area contributed by atoms with Gasteiger partial charge in [0.15, 0.2) is 0 Å². The van der Waals surface area contributed by atoms with Gasteiger partial charge in [-0.3, -0.25) is 9.59 Å². The average Bonchev–Trinajstić information content (AvgIpc) is 2.62. The maximum atomic E-state index is 12.2. The SMILES string of the molecule is CCN(CC)c1ccc(NCC(=O)Nc2cccc(NC(C)=O)c2)c(C)c1. The largest absolute Gasteiger partial charge is 0.376 e. The summed E-state index contributed by atoms with van der Waals surface area (Å²) in [6.45, 7) is 9.83. The van der Waals surface area contributed by atoms with Gasteiger partial charge in [0, 0.05) is 42.8 Å². The highest BCUT2D eigenvalue weighted by Crippen LogP contribution is 2.22.